The molecule has 0 N–H and O–H groups in total. The summed E-state index contributed by atoms with van der Waals surface area (Å²) >= 11 is 0. The largest absolute Gasteiger partial charge is 2.00 e. The number of hydrogen-bond donors (Lipinski definition) is 0. The van der Waals surface area contributed by atoms with Gasteiger partial charge in [0.25, 0.3) is 11.4 Å². The van der Waals surface area contributed by atoms with E-state index >= 15 is 0 Å². The first-order valence-corrected chi connectivity index (χ1v) is 22.2. The van der Waals surface area contributed by atoms with Crippen molar-refractivity contribution in [2.24, 2.45) is 0 Å². The minimum Gasteiger partial charge on any atom is -0.509 e. The first kappa shape index (κ1) is 39.7. The summed E-state index contributed by atoms with van der Waals surface area (Å²) < 4.78 is 47.8. The van der Waals surface area contributed by atoms with Crippen LogP contribution in [0.1, 0.15) is 84.5 Å². The van der Waals surface area contributed by atoms with Gasteiger partial charge in [0.15, 0.2) is 0 Å². The Hall–Kier alpha value is -6.64. The Labute approximate surface area is 409 Å². The summed E-state index contributed by atoms with van der Waals surface area (Å²) in [6, 6.07) is 55.7. The fourth-order valence-electron chi connectivity index (χ4n) is 8.58. The number of nitrogens with zero attached hydrogens (tertiary/aromatic N) is 4. The van der Waals surface area contributed by atoms with Gasteiger partial charge in [-0.2, -0.15) is 12.1 Å². The molecule has 0 aliphatic carbocycles. The minimum absolute atomic E-state index is 0. The summed E-state index contributed by atoms with van der Waals surface area (Å²) in [4.78, 5) is 4.73. The van der Waals surface area contributed by atoms with E-state index in [4.69, 9.17) is 15.2 Å². The summed E-state index contributed by atoms with van der Waals surface area (Å²) in [5.74, 6) is 1.35. The van der Waals surface area contributed by atoms with Crippen LogP contribution in [-0.4, -0.2) is 15.6 Å². The fraction of sp³-hybridized carbons (Fsp3) is 0.200. The third-order valence-electron chi connectivity index (χ3n) is 12.2. The summed E-state index contributed by atoms with van der Waals surface area (Å²) in [7, 11) is 0. The number of aromatic nitrogens is 2. The van der Waals surface area contributed by atoms with E-state index in [1.54, 1.807) is 16.8 Å². The van der Waals surface area contributed by atoms with Gasteiger partial charge in [-0.1, -0.05) is 169 Å². The average molecular weight is 1050 g/mol. The molecule has 0 atom stereocenters. The third-order valence-corrected chi connectivity index (χ3v) is 12.2. The van der Waals surface area contributed by atoms with Gasteiger partial charge in [-0.05, 0) is 84.3 Å². The number of para-hydroxylation sites is 4. The SMILES string of the molecule is [2H]c1c([2H])c([2H])c2c(c1[2H])c1ccc(Oc3[c-]c([N+]4=C=[N+](c5c(-c6ccccc6)cccc5-c5cc(C(C)(C)C)cc(C(C)(C)C)c5)c5ccccc54)ccc3)[c-]c1n2-c1cc(C(C)(C)C)ccn1.[Pt+2]. The molecule has 1 aliphatic rings. The molecular weight excluding hydrogens is 988 g/mol. The molecule has 7 aromatic carbocycles. The standard InChI is InChI=1S/C60H54N4O.Pt/c1-58(2,3)42-31-32-61-56(36-42)64-52-26-14-13-23-50(52)51-30-29-47(38-55(51)64)65-46-22-17-21-45(37-46)62-39-63(54-28-16-15-27-53(54)62)57-48(40-19-11-10-12-20-40)24-18-25-49(57)41-33-43(59(4,5)6)35-44(34-41)60(7,8)9;/h10-36H,1-9H3;/q;+2/i13D,14D,23D,26D;. The maximum absolute atomic E-state index is 9.05. The van der Waals surface area contributed by atoms with Crippen LogP contribution >= 0.6 is 0 Å². The molecule has 0 unspecified atom stereocenters. The molecule has 5 nitrogen and oxygen atoms in total. The van der Waals surface area contributed by atoms with Crippen molar-refractivity contribution in [1.29, 1.82) is 0 Å². The molecule has 0 radical (unpaired) electrons. The van der Waals surface area contributed by atoms with Crippen LogP contribution in [0.15, 0.2) is 164 Å². The predicted octanol–water partition coefficient (Wildman–Crippen LogP) is 15.7. The van der Waals surface area contributed by atoms with Crippen molar-refractivity contribution in [2.45, 2.75) is 78.6 Å². The number of pyridine rings is 1. The Morgan fingerprint density at radius 1 is 0.576 bits per heavy atom. The normalized spacial score (nSPS) is 13.6. The van der Waals surface area contributed by atoms with Crippen molar-refractivity contribution in [3.8, 4) is 39.6 Å². The van der Waals surface area contributed by atoms with Crippen LogP contribution in [0, 0.1) is 12.1 Å². The number of hydrogen-bond acceptors (Lipinski definition) is 2. The average Bonchev–Trinajstić information content (AvgIpc) is 3.88. The van der Waals surface area contributed by atoms with E-state index in [-0.39, 0.29) is 61.5 Å². The molecule has 0 spiro atoms. The first-order chi connectivity index (χ1) is 32.8. The van der Waals surface area contributed by atoms with Gasteiger partial charge in [0.05, 0.1) is 16.6 Å². The maximum atomic E-state index is 9.05. The third kappa shape index (κ3) is 8.28. The van der Waals surface area contributed by atoms with Crippen molar-refractivity contribution in [3.63, 3.8) is 0 Å². The summed E-state index contributed by atoms with van der Waals surface area (Å²) in [6.45, 7) is 20.0. The van der Waals surface area contributed by atoms with Gasteiger partial charge in [0.2, 0.25) is 5.69 Å². The molecule has 0 saturated carbocycles. The van der Waals surface area contributed by atoms with E-state index in [1.165, 1.54) is 11.1 Å². The van der Waals surface area contributed by atoms with Crippen molar-refractivity contribution < 1.29 is 31.3 Å². The van der Waals surface area contributed by atoms with Crippen molar-refractivity contribution >= 4 is 50.6 Å². The van der Waals surface area contributed by atoms with Crippen LogP contribution in [0.2, 0.25) is 0 Å². The Morgan fingerprint density at radius 2 is 1.20 bits per heavy atom. The zero-order chi connectivity index (χ0) is 48.7. The van der Waals surface area contributed by atoms with Gasteiger partial charge in [-0.3, -0.25) is 0 Å². The van der Waals surface area contributed by atoms with Crippen molar-refractivity contribution in [1.82, 2.24) is 18.7 Å². The van der Waals surface area contributed by atoms with Crippen LogP contribution in [0.5, 0.6) is 11.5 Å². The van der Waals surface area contributed by atoms with E-state index in [0.29, 0.717) is 44.8 Å². The fourth-order valence-corrected chi connectivity index (χ4v) is 8.58. The minimum atomic E-state index is -0.314. The molecule has 0 saturated heterocycles. The zero-order valence-electron chi connectivity index (χ0n) is 42.8. The first-order valence-electron chi connectivity index (χ1n) is 24.2. The van der Waals surface area contributed by atoms with Crippen LogP contribution in [0.25, 0.3) is 49.9 Å². The molecule has 2 aromatic heterocycles. The van der Waals surface area contributed by atoms with E-state index in [1.807, 2.05) is 53.1 Å². The molecular formula is C60H54N4OPt+2. The number of fused-ring (bicyclic) bond motifs is 4. The smallest absolute Gasteiger partial charge is 0.509 e. The molecule has 6 heteroatoms. The van der Waals surface area contributed by atoms with E-state index < -0.39 is 0 Å². The van der Waals surface area contributed by atoms with Gasteiger partial charge < -0.3 is 9.30 Å². The topological polar surface area (TPSA) is 33.1 Å². The Morgan fingerprint density at radius 3 is 1.89 bits per heavy atom. The molecule has 3 heterocycles. The van der Waals surface area contributed by atoms with E-state index in [9.17, 15) is 0 Å². The monoisotopic (exact) mass is 1050 g/mol. The second-order valence-corrected chi connectivity index (χ2v) is 19.9. The summed E-state index contributed by atoms with van der Waals surface area (Å²) in [5, 5.41) is 1.00. The Balaban J connectivity index is 0.00000608. The summed E-state index contributed by atoms with van der Waals surface area (Å²) in [6.07, 6.45) is 1.74. The quantitative estimate of drug-likeness (QED) is 0.118. The van der Waals surface area contributed by atoms with Crippen molar-refractivity contribution in [3.05, 3.63) is 193 Å². The van der Waals surface area contributed by atoms with Crippen LogP contribution < -0.4 is 13.9 Å². The molecule has 1 aliphatic heterocycles. The summed E-state index contributed by atoms with van der Waals surface area (Å²) in [5.41, 5.74) is 12.1. The predicted molar refractivity (Wildman–Crippen MR) is 271 cm³/mol. The van der Waals surface area contributed by atoms with Crippen LogP contribution in [0.3, 0.4) is 0 Å². The number of rotatable bonds is 7. The maximum Gasteiger partial charge on any atom is 2.00 e. The van der Waals surface area contributed by atoms with Crippen LogP contribution in [-0.2, 0) is 37.3 Å². The van der Waals surface area contributed by atoms with Gasteiger partial charge in [0, 0.05) is 35.3 Å². The molecule has 328 valence electrons. The molecule has 0 fully saturated rings. The van der Waals surface area contributed by atoms with E-state index in [2.05, 4.69) is 164 Å². The molecule has 10 rings (SSSR count). The van der Waals surface area contributed by atoms with Gasteiger partial charge in [0.1, 0.15) is 11.5 Å². The Kier molecular flexibility index (Phi) is 10.2. The van der Waals surface area contributed by atoms with Gasteiger partial charge >= 0.3 is 27.1 Å². The van der Waals surface area contributed by atoms with Gasteiger partial charge in [-0.15, -0.1) is 23.6 Å². The second-order valence-electron chi connectivity index (χ2n) is 19.9. The number of benzene rings is 7. The zero-order valence-corrected chi connectivity index (χ0v) is 41.1. The van der Waals surface area contributed by atoms with E-state index in [0.717, 1.165) is 44.9 Å². The molecule has 9 aromatic rings. The molecule has 0 bridgehead atoms. The van der Waals surface area contributed by atoms with Crippen LogP contribution in [0.4, 0.5) is 22.7 Å². The second kappa shape index (κ2) is 17.0. The molecule has 0 amide bonds. The Bertz CT molecular complexity index is 3590. The molecule has 66 heavy (non-hydrogen) atoms. The van der Waals surface area contributed by atoms with Crippen molar-refractivity contribution in [2.75, 3.05) is 0 Å². The van der Waals surface area contributed by atoms with Gasteiger partial charge in [-0.25, -0.2) is 4.98 Å². The number of ether oxygens (including phenoxy) is 1.